The predicted molar refractivity (Wildman–Crippen MR) is 79.7 cm³/mol. The van der Waals surface area contributed by atoms with Crippen LogP contribution in [-0.2, 0) is 0 Å². The summed E-state index contributed by atoms with van der Waals surface area (Å²) in [7, 11) is 0. The molecule has 98 valence electrons. The smallest absolute Gasteiger partial charge is 0.257 e. The van der Waals surface area contributed by atoms with Crippen LogP contribution in [0.25, 0.3) is 0 Å². The van der Waals surface area contributed by atoms with Crippen molar-refractivity contribution in [2.24, 2.45) is 0 Å². The number of carbonyl (C=O) groups is 1. The molecule has 1 amide bonds. The lowest BCUT2D eigenvalue weighted by Crippen LogP contribution is -2.15. The largest absolute Gasteiger partial charge is 0.398 e. The Labute approximate surface area is 117 Å². The number of hydrogen-bond donors (Lipinski definition) is 2. The highest BCUT2D eigenvalue weighted by Gasteiger charge is 2.12. The van der Waals surface area contributed by atoms with Crippen LogP contribution in [0.15, 0.2) is 36.4 Å². The number of para-hydroxylation sites is 1. The highest BCUT2D eigenvalue weighted by molar-refractivity contribution is 6.31. The van der Waals surface area contributed by atoms with E-state index in [1.165, 1.54) is 0 Å². The van der Waals surface area contributed by atoms with Gasteiger partial charge in [0.05, 0.1) is 5.56 Å². The van der Waals surface area contributed by atoms with E-state index in [1.54, 1.807) is 18.2 Å². The molecule has 0 saturated carbocycles. The Morgan fingerprint density at radius 3 is 2.63 bits per heavy atom. The quantitative estimate of drug-likeness (QED) is 0.819. The average Bonchev–Trinajstić information content (AvgIpc) is 2.37. The highest BCUT2D eigenvalue weighted by Crippen LogP contribution is 2.22. The Hall–Kier alpha value is -2.00. The summed E-state index contributed by atoms with van der Waals surface area (Å²) in [6, 6.07) is 10.8. The lowest BCUT2D eigenvalue weighted by molar-refractivity contribution is 0.102. The van der Waals surface area contributed by atoms with Gasteiger partial charge in [-0.15, -0.1) is 0 Å². The maximum atomic E-state index is 12.2. The number of nitrogen functional groups attached to an aromatic ring is 1. The normalized spacial score (nSPS) is 10.3. The molecule has 0 aromatic heterocycles. The van der Waals surface area contributed by atoms with E-state index >= 15 is 0 Å². The van der Waals surface area contributed by atoms with E-state index in [2.05, 4.69) is 5.32 Å². The second kappa shape index (κ2) is 5.33. The molecule has 2 aromatic carbocycles. The van der Waals surface area contributed by atoms with Crippen LogP contribution in [0.2, 0.25) is 5.02 Å². The minimum Gasteiger partial charge on any atom is -0.398 e. The number of carbonyl (C=O) groups excluding carboxylic acids is 1. The van der Waals surface area contributed by atoms with Gasteiger partial charge in [-0.1, -0.05) is 29.8 Å². The average molecular weight is 275 g/mol. The topological polar surface area (TPSA) is 55.1 Å². The van der Waals surface area contributed by atoms with E-state index in [-0.39, 0.29) is 5.91 Å². The van der Waals surface area contributed by atoms with Gasteiger partial charge in [0.15, 0.2) is 0 Å². The molecule has 0 fully saturated rings. The van der Waals surface area contributed by atoms with Crippen LogP contribution < -0.4 is 11.1 Å². The molecule has 0 aliphatic carbocycles. The molecule has 3 nitrogen and oxygen atoms in total. The van der Waals surface area contributed by atoms with Crippen LogP contribution in [0.1, 0.15) is 21.5 Å². The van der Waals surface area contributed by atoms with Crippen molar-refractivity contribution in [3.8, 4) is 0 Å². The van der Waals surface area contributed by atoms with Gasteiger partial charge in [-0.25, -0.2) is 0 Å². The third-order valence-corrected chi connectivity index (χ3v) is 3.25. The van der Waals surface area contributed by atoms with E-state index in [0.29, 0.717) is 22.0 Å². The molecule has 0 heterocycles. The molecule has 0 saturated heterocycles. The number of aryl methyl sites for hydroxylation is 2. The summed E-state index contributed by atoms with van der Waals surface area (Å²) in [5.41, 5.74) is 9.42. The number of anilines is 2. The molecular weight excluding hydrogens is 260 g/mol. The first-order valence-corrected chi connectivity index (χ1v) is 6.29. The Balaban J connectivity index is 2.31. The molecule has 2 rings (SSSR count). The number of nitrogens with one attached hydrogen (secondary N) is 1. The van der Waals surface area contributed by atoms with Gasteiger partial charge in [0.2, 0.25) is 0 Å². The van der Waals surface area contributed by atoms with Crippen molar-refractivity contribution in [1.82, 2.24) is 0 Å². The first kappa shape index (κ1) is 13.4. The van der Waals surface area contributed by atoms with Crippen molar-refractivity contribution in [2.75, 3.05) is 11.1 Å². The van der Waals surface area contributed by atoms with Crippen LogP contribution in [0, 0.1) is 13.8 Å². The molecule has 0 bridgehead atoms. The summed E-state index contributed by atoms with van der Waals surface area (Å²) in [6.45, 7) is 3.78. The number of benzene rings is 2. The fourth-order valence-electron chi connectivity index (χ4n) is 1.80. The SMILES string of the molecule is Cc1ccc(Cl)cc1NC(=O)c1cccc(C)c1N. The Bertz CT molecular complexity index is 638. The first-order valence-electron chi connectivity index (χ1n) is 5.91. The molecule has 0 aliphatic heterocycles. The first-order chi connectivity index (χ1) is 8.99. The standard InChI is InChI=1S/C15H15ClN2O/c1-9-6-7-11(16)8-13(9)18-15(19)12-5-3-4-10(2)14(12)17/h3-8H,17H2,1-2H3,(H,18,19). The molecule has 0 aliphatic rings. The third-order valence-electron chi connectivity index (χ3n) is 3.02. The molecule has 0 spiro atoms. The van der Waals surface area contributed by atoms with Gasteiger partial charge in [-0.3, -0.25) is 4.79 Å². The van der Waals surface area contributed by atoms with Gasteiger partial charge >= 0.3 is 0 Å². The maximum Gasteiger partial charge on any atom is 0.257 e. The van der Waals surface area contributed by atoms with Gasteiger partial charge in [0.1, 0.15) is 0 Å². The van der Waals surface area contributed by atoms with E-state index in [9.17, 15) is 4.79 Å². The summed E-state index contributed by atoms with van der Waals surface area (Å²) in [5, 5.41) is 3.41. The number of nitrogens with two attached hydrogens (primary N) is 1. The number of rotatable bonds is 2. The van der Waals surface area contributed by atoms with Crippen LogP contribution in [0.4, 0.5) is 11.4 Å². The van der Waals surface area contributed by atoms with Gasteiger partial charge < -0.3 is 11.1 Å². The van der Waals surface area contributed by atoms with Crippen molar-refractivity contribution in [3.63, 3.8) is 0 Å². The number of hydrogen-bond acceptors (Lipinski definition) is 2. The fraction of sp³-hybridized carbons (Fsp3) is 0.133. The summed E-state index contributed by atoms with van der Waals surface area (Å²) >= 11 is 5.93. The predicted octanol–water partition coefficient (Wildman–Crippen LogP) is 3.79. The highest BCUT2D eigenvalue weighted by atomic mass is 35.5. The monoisotopic (exact) mass is 274 g/mol. The molecule has 19 heavy (non-hydrogen) atoms. The third kappa shape index (κ3) is 2.88. The van der Waals surface area contributed by atoms with Crippen LogP contribution in [-0.4, -0.2) is 5.91 Å². The summed E-state index contributed by atoms with van der Waals surface area (Å²) < 4.78 is 0. The van der Waals surface area contributed by atoms with Gasteiger partial charge in [-0.2, -0.15) is 0 Å². The maximum absolute atomic E-state index is 12.2. The molecule has 3 N–H and O–H groups in total. The number of amides is 1. The number of halogens is 1. The molecule has 4 heteroatoms. The summed E-state index contributed by atoms with van der Waals surface area (Å²) in [6.07, 6.45) is 0. The lowest BCUT2D eigenvalue weighted by atomic mass is 10.1. The van der Waals surface area contributed by atoms with E-state index in [4.69, 9.17) is 17.3 Å². The summed E-state index contributed by atoms with van der Waals surface area (Å²) in [4.78, 5) is 12.2. The van der Waals surface area contributed by atoms with Gasteiger partial charge in [0.25, 0.3) is 5.91 Å². The van der Waals surface area contributed by atoms with Gasteiger partial charge in [0, 0.05) is 16.4 Å². The Morgan fingerprint density at radius 2 is 1.89 bits per heavy atom. The van der Waals surface area contributed by atoms with E-state index in [1.807, 2.05) is 32.0 Å². The van der Waals surface area contributed by atoms with Crippen molar-refractivity contribution >= 4 is 28.9 Å². The minimum atomic E-state index is -0.230. The van der Waals surface area contributed by atoms with E-state index in [0.717, 1.165) is 11.1 Å². The zero-order valence-electron chi connectivity index (χ0n) is 10.8. The van der Waals surface area contributed by atoms with Gasteiger partial charge in [-0.05, 0) is 43.2 Å². The molecule has 0 atom stereocenters. The van der Waals surface area contributed by atoms with Crippen molar-refractivity contribution in [1.29, 1.82) is 0 Å². The van der Waals surface area contributed by atoms with Crippen molar-refractivity contribution in [2.45, 2.75) is 13.8 Å². The van der Waals surface area contributed by atoms with Crippen LogP contribution in [0.5, 0.6) is 0 Å². The fourth-order valence-corrected chi connectivity index (χ4v) is 1.97. The Morgan fingerprint density at radius 1 is 1.16 bits per heavy atom. The summed E-state index contributed by atoms with van der Waals surface area (Å²) in [5.74, 6) is -0.230. The van der Waals surface area contributed by atoms with Crippen LogP contribution >= 0.6 is 11.6 Å². The second-order valence-corrected chi connectivity index (χ2v) is 4.89. The van der Waals surface area contributed by atoms with Crippen molar-refractivity contribution in [3.05, 3.63) is 58.1 Å². The zero-order valence-corrected chi connectivity index (χ0v) is 11.6. The second-order valence-electron chi connectivity index (χ2n) is 4.45. The zero-order chi connectivity index (χ0) is 14.0. The van der Waals surface area contributed by atoms with Crippen LogP contribution in [0.3, 0.4) is 0 Å². The lowest BCUT2D eigenvalue weighted by Gasteiger charge is -2.11. The molecule has 2 aromatic rings. The molecule has 0 radical (unpaired) electrons. The van der Waals surface area contributed by atoms with Crippen molar-refractivity contribution < 1.29 is 4.79 Å². The Kier molecular flexibility index (Phi) is 3.76. The molecule has 0 unspecified atom stereocenters. The van der Waals surface area contributed by atoms with E-state index < -0.39 is 0 Å². The minimum absolute atomic E-state index is 0.230. The molecular formula is C15H15ClN2O.